The van der Waals surface area contributed by atoms with Gasteiger partial charge < -0.3 is 15.3 Å². The van der Waals surface area contributed by atoms with Crippen molar-refractivity contribution < 1.29 is 9.90 Å². The summed E-state index contributed by atoms with van der Waals surface area (Å²) in [6, 6.07) is 0.514. The maximum atomic E-state index is 11.2. The molecule has 1 amide bonds. The highest BCUT2D eigenvalue weighted by Crippen LogP contribution is 2.22. The van der Waals surface area contributed by atoms with Crippen molar-refractivity contribution in [1.29, 1.82) is 0 Å². The van der Waals surface area contributed by atoms with Crippen molar-refractivity contribution >= 4 is 5.91 Å². The molecule has 1 heterocycles. The van der Waals surface area contributed by atoms with Crippen molar-refractivity contribution in [3.05, 3.63) is 0 Å². The summed E-state index contributed by atoms with van der Waals surface area (Å²) >= 11 is 0. The number of nitrogens with one attached hydrogen (secondary N) is 1. The van der Waals surface area contributed by atoms with E-state index in [9.17, 15) is 9.90 Å². The van der Waals surface area contributed by atoms with Gasteiger partial charge in [-0.05, 0) is 39.5 Å². The molecule has 0 aromatic rings. The van der Waals surface area contributed by atoms with E-state index in [1.165, 1.54) is 0 Å². The molecule has 0 aromatic carbocycles. The lowest BCUT2D eigenvalue weighted by atomic mass is 9.90. The van der Waals surface area contributed by atoms with Crippen LogP contribution in [0.5, 0.6) is 0 Å². The van der Waals surface area contributed by atoms with Crippen molar-refractivity contribution in [2.45, 2.75) is 45.3 Å². The summed E-state index contributed by atoms with van der Waals surface area (Å²) in [6.45, 7) is 7.99. The normalized spacial score (nSPS) is 19.6. The maximum absolute atomic E-state index is 11.2. The highest BCUT2D eigenvalue weighted by atomic mass is 16.3. The molecular weight excluding hydrogens is 216 g/mol. The van der Waals surface area contributed by atoms with Gasteiger partial charge in [0.05, 0.1) is 5.60 Å². The molecule has 1 fully saturated rings. The Morgan fingerprint density at radius 1 is 1.47 bits per heavy atom. The second-order valence-electron chi connectivity index (χ2n) is 4.91. The van der Waals surface area contributed by atoms with Crippen LogP contribution in [0, 0.1) is 11.8 Å². The van der Waals surface area contributed by atoms with Crippen LogP contribution < -0.4 is 5.32 Å². The van der Waals surface area contributed by atoms with Gasteiger partial charge in [-0.15, -0.1) is 0 Å². The molecule has 0 radical (unpaired) electrons. The topological polar surface area (TPSA) is 52.6 Å². The summed E-state index contributed by atoms with van der Waals surface area (Å²) in [6.07, 6.45) is 1.40. The predicted octanol–water partition coefficient (Wildman–Crippen LogP) is 0.361. The monoisotopic (exact) mass is 238 g/mol. The summed E-state index contributed by atoms with van der Waals surface area (Å²) in [7, 11) is 0. The van der Waals surface area contributed by atoms with Crippen LogP contribution in [0.3, 0.4) is 0 Å². The van der Waals surface area contributed by atoms with E-state index in [2.05, 4.69) is 35.9 Å². The summed E-state index contributed by atoms with van der Waals surface area (Å²) < 4.78 is 0. The molecule has 2 N–H and O–H groups in total. The minimum atomic E-state index is -0.767. The van der Waals surface area contributed by atoms with E-state index in [1.54, 1.807) is 6.92 Å². The van der Waals surface area contributed by atoms with E-state index in [1.807, 2.05) is 0 Å². The van der Waals surface area contributed by atoms with Gasteiger partial charge in [-0.3, -0.25) is 4.79 Å². The summed E-state index contributed by atoms with van der Waals surface area (Å²) in [5.41, 5.74) is -0.767. The first-order valence-corrected chi connectivity index (χ1v) is 6.14. The third kappa shape index (κ3) is 4.37. The fourth-order valence-corrected chi connectivity index (χ4v) is 2.04. The lowest BCUT2D eigenvalue weighted by Gasteiger charge is -2.39. The van der Waals surface area contributed by atoms with Gasteiger partial charge in [0.2, 0.25) is 0 Å². The van der Waals surface area contributed by atoms with Gasteiger partial charge in [-0.1, -0.05) is 5.92 Å². The fourth-order valence-electron chi connectivity index (χ4n) is 2.04. The number of carbonyl (C=O) groups is 1. The molecular formula is C13H22N2O2. The van der Waals surface area contributed by atoms with E-state index in [-0.39, 0.29) is 5.91 Å². The van der Waals surface area contributed by atoms with Crippen LogP contribution in [0.2, 0.25) is 0 Å². The Kier molecular flexibility index (Phi) is 4.98. The highest BCUT2D eigenvalue weighted by molar-refractivity contribution is 5.93. The average molecular weight is 238 g/mol. The molecule has 0 bridgehead atoms. The molecule has 0 atom stereocenters. The van der Waals surface area contributed by atoms with Crippen molar-refractivity contribution in [2.24, 2.45) is 0 Å². The molecule has 0 saturated carbocycles. The molecule has 96 valence electrons. The Bertz CT molecular complexity index is 320. The highest BCUT2D eigenvalue weighted by Gasteiger charge is 2.33. The van der Waals surface area contributed by atoms with E-state index < -0.39 is 5.60 Å². The Balaban J connectivity index is 2.38. The van der Waals surface area contributed by atoms with E-state index in [0.717, 1.165) is 13.1 Å². The molecule has 4 nitrogen and oxygen atoms in total. The first-order valence-electron chi connectivity index (χ1n) is 6.14. The average Bonchev–Trinajstić information content (AvgIpc) is 2.28. The van der Waals surface area contributed by atoms with E-state index in [0.29, 0.717) is 25.4 Å². The number of amides is 1. The number of hydrogen-bond donors (Lipinski definition) is 2. The van der Waals surface area contributed by atoms with Crippen LogP contribution >= 0.6 is 0 Å². The largest absolute Gasteiger partial charge is 0.388 e. The molecule has 1 rings (SSSR count). The Hall–Kier alpha value is -1.05. The van der Waals surface area contributed by atoms with Crippen LogP contribution in [0.25, 0.3) is 0 Å². The third-order valence-corrected chi connectivity index (χ3v) is 3.28. The van der Waals surface area contributed by atoms with Gasteiger partial charge >= 0.3 is 0 Å². The standard InChI is InChI=1S/C13H22N2O2/c1-4-5-12(16)14-10-13(17)6-8-15(9-7-13)11(2)3/h11,17H,6-10H2,1-3H3,(H,14,16). The fraction of sp³-hybridized carbons (Fsp3) is 0.769. The van der Waals surface area contributed by atoms with E-state index in [4.69, 9.17) is 0 Å². The van der Waals surface area contributed by atoms with Crippen molar-refractivity contribution in [2.75, 3.05) is 19.6 Å². The SMILES string of the molecule is CC#CC(=O)NCC1(O)CCN(C(C)C)CC1. The predicted molar refractivity (Wildman–Crippen MR) is 67.4 cm³/mol. The molecule has 0 aliphatic carbocycles. The van der Waals surface area contributed by atoms with Crippen LogP contribution in [-0.2, 0) is 4.79 Å². The van der Waals surface area contributed by atoms with Crippen molar-refractivity contribution in [3.8, 4) is 11.8 Å². The Labute approximate surface area is 103 Å². The second kappa shape index (κ2) is 6.04. The van der Waals surface area contributed by atoms with Gasteiger partial charge in [0.15, 0.2) is 0 Å². The van der Waals surface area contributed by atoms with Crippen LogP contribution in [-0.4, -0.2) is 47.2 Å². The van der Waals surface area contributed by atoms with Gasteiger partial charge in [-0.25, -0.2) is 0 Å². The van der Waals surface area contributed by atoms with Gasteiger partial charge in [0.1, 0.15) is 0 Å². The van der Waals surface area contributed by atoms with Crippen molar-refractivity contribution in [3.63, 3.8) is 0 Å². The molecule has 17 heavy (non-hydrogen) atoms. The zero-order chi connectivity index (χ0) is 12.9. The Morgan fingerprint density at radius 2 is 2.06 bits per heavy atom. The molecule has 0 unspecified atom stereocenters. The van der Waals surface area contributed by atoms with Crippen LogP contribution in [0.15, 0.2) is 0 Å². The number of nitrogens with zero attached hydrogens (tertiary/aromatic N) is 1. The first kappa shape index (κ1) is 14.0. The first-order chi connectivity index (χ1) is 7.97. The number of carbonyl (C=O) groups excluding carboxylic acids is 1. The molecule has 0 aromatic heterocycles. The van der Waals surface area contributed by atoms with E-state index >= 15 is 0 Å². The number of rotatable bonds is 3. The molecule has 1 aliphatic rings. The zero-order valence-corrected chi connectivity index (χ0v) is 10.9. The van der Waals surface area contributed by atoms with Crippen molar-refractivity contribution in [1.82, 2.24) is 10.2 Å². The minimum absolute atomic E-state index is 0.298. The second-order valence-corrected chi connectivity index (χ2v) is 4.91. The lowest BCUT2D eigenvalue weighted by Crippen LogP contribution is -2.52. The molecule has 1 aliphatic heterocycles. The number of aliphatic hydroxyl groups is 1. The molecule has 1 saturated heterocycles. The van der Waals surface area contributed by atoms with Gasteiger partial charge in [0.25, 0.3) is 5.91 Å². The summed E-state index contributed by atoms with van der Waals surface area (Å²) in [4.78, 5) is 13.5. The number of likely N-dealkylation sites (tertiary alicyclic amines) is 1. The number of piperidine rings is 1. The molecule has 4 heteroatoms. The summed E-state index contributed by atoms with van der Waals surface area (Å²) in [5.74, 6) is 4.63. The third-order valence-electron chi connectivity index (χ3n) is 3.28. The smallest absolute Gasteiger partial charge is 0.295 e. The molecule has 0 spiro atoms. The minimum Gasteiger partial charge on any atom is -0.388 e. The summed E-state index contributed by atoms with van der Waals surface area (Å²) in [5, 5.41) is 13.0. The van der Waals surface area contributed by atoms with Crippen LogP contribution in [0.1, 0.15) is 33.6 Å². The quantitative estimate of drug-likeness (QED) is 0.698. The number of hydrogen-bond acceptors (Lipinski definition) is 3. The maximum Gasteiger partial charge on any atom is 0.295 e. The van der Waals surface area contributed by atoms with Gasteiger partial charge in [0, 0.05) is 25.7 Å². The van der Waals surface area contributed by atoms with Gasteiger partial charge in [-0.2, -0.15) is 0 Å². The van der Waals surface area contributed by atoms with Crippen LogP contribution in [0.4, 0.5) is 0 Å². The lowest BCUT2D eigenvalue weighted by molar-refractivity contribution is -0.117. The zero-order valence-electron chi connectivity index (χ0n) is 10.9. The Morgan fingerprint density at radius 3 is 2.53 bits per heavy atom.